The van der Waals surface area contributed by atoms with Gasteiger partial charge < -0.3 is 10.2 Å². The molecule has 1 aromatic carbocycles. The third kappa shape index (κ3) is 1.36. The number of phenols is 1. The number of aliphatic hydroxyl groups is 1. The Morgan fingerprint density at radius 1 is 1.36 bits per heavy atom. The molecule has 0 fully saturated rings. The van der Waals surface area contributed by atoms with Gasteiger partial charge in [0.2, 0.25) is 0 Å². The Kier molecular flexibility index (Phi) is 1.98. The number of rotatable bonds is 1. The third-order valence-electron chi connectivity index (χ3n) is 2.02. The van der Waals surface area contributed by atoms with Crippen molar-refractivity contribution in [2.45, 2.75) is 6.23 Å². The highest BCUT2D eigenvalue weighted by molar-refractivity contribution is 6.04. The number of carbonyl (C=O) groups excluding carboxylic acids is 1. The minimum Gasteiger partial charge on any atom is -0.508 e. The number of amides is 1. The van der Waals surface area contributed by atoms with Gasteiger partial charge in [0, 0.05) is 12.1 Å². The van der Waals surface area contributed by atoms with Crippen LogP contribution in [0.3, 0.4) is 0 Å². The van der Waals surface area contributed by atoms with Gasteiger partial charge in [0.15, 0.2) is 6.23 Å². The van der Waals surface area contributed by atoms with Crippen LogP contribution in [0.5, 0.6) is 5.75 Å². The van der Waals surface area contributed by atoms with E-state index in [1.54, 1.807) is 12.1 Å². The van der Waals surface area contributed by atoms with Gasteiger partial charge in [-0.3, -0.25) is 9.69 Å². The van der Waals surface area contributed by atoms with Crippen LogP contribution in [0.4, 0.5) is 5.69 Å². The summed E-state index contributed by atoms with van der Waals surface area (Å²) in [4.78, 5) is 12.5. The monoisotopic (exact) mass is 191 g/mol. The Balaban J connectivity index is 2.36. The van der Waals surface area contributed by atoms with E-state index in [2.05, 4.69) is 0 Å². The highest BCUT2D eigenvalue weighted by atomic mass is 16.3. The van der Waals surface area contributed by atoms with E-state index < -0.39 is 6.23 Å². The lowest BCUT2D eigenvalue weighted by molar-refractivity contribution is -0.114. The Labute approximate surface area is 80.7 Å². The molecule has 4 nitrogen and oxygen atoms in total. The number of hydrogen-bond donors (Lipinski definition) is 2. The Bertz CT molecular complexity index is 400. The van der Waals surface area contributed by atoms with Gasteiger partial charge in [0.05, 0.1) is 5.69 Å². The molecule has 0 saturated carbocycles. The molecule has 0 aromatic heterocycles. The van der Waals surface area contributed by atoms with E-state index in [-0.39, 0.29) is 11.7 Å². The topological polar surface area (TPSA) is 60.8 Å². The van der Waals surface area contributed by atoms with Crippen LogP contribution in [-0.2, 0) is 4.79 Å². The molecule has 1 aliphatic heterocycles. The van der Waals surface area contributed by atoms with Crippen LogP contribution in [0, 0.1) is 0 Å². The summed E-state index contributed by atoms with van der Waals surface area (Å²) in [7, 11) is 0. The first kappa shape index (κ1) is 8.77. The summed E-state index contributed by atoms with van der Waals surface area (Å²) < 4.78 is 0. The highest BCUT2D eigenvalue weighted by Crippen LogP contribution is 2.24. The van der Waals surface area contributed by atoms with Crippen LogP contribution < -0.4 is 4.90 Å². The van der Waals surface area contributed by atoms with E-state index >= 15 is 0 Å². The molecule has 1 atom stereocenters. The summed E-state index contributed by atoms with van der Waals surface area (Å²) in [5.74, 6) is -0.225. The van der Waals surface area contributed by atoms with E-state index in [9.17, 15) is 15.0 Å². The van der Waals surface area contributed by atoms with Crippen molar-refractivity contribution in [3.05, 3.63) is 36.4 Å². The Morgan fingerprint density at radius 2 is 2.14 bits per heavy atom. The summed E-state index contributed by atoms with van der Waals surface area (Å²) in [5, 5.41) is 18.6. The second kappa shape index (κ2) is 3.16. The average Bonchev–Trinajstić information content (AvgIpc) is 2.46. The van der Waals surface area contributed by atoms with Gasteiger partial charge >= 0.3 is 0 Å². The molecule has 72 valence electrons. The molecular formula is C10H9NO3. The number of aliphatic hydroxyl groups excluding tert-OH is 1. The van der Waals surface area contributed by atoms with Crippen molar-refractivity contribution in [2.75, 3.05) is 4.90 Å². The van der Waals surface area contributed by atoms with E-state index in [1.807, 2.05) is 0 Å². The molecule has 0 spiro atoms. The highest BCUT2D eigenvalue weighted by Gasteiger charge is 2.25. The number of nitrogens with zero attached hydrogens (tertiary/aromatic N) is 1. The molecule has 2 N–H and O–H groups in total. The molecule has 1 heterocycles. The number of phenolic OH excluding ortho intramolecular Hbond substituents is 1. The second-order valence-electron chi connectivity index (χ2n) is 3.00. The van der Waals surface area contributed by atoms with Crippen LogP contribution in [0.15, 0.2) is 36.4 Å². The van der Waals surface area contributed by atoms with Gasteiger partial charge in [-0.15, -0.1) is 0 Å². The maximum absolute atomic E-state index is 11.3. The van der Waals surface area contributed by atoms with Crippen LogP contribution in [0.2, 0.25) is 0 Å². The minimum absolute atomic E-state index is 0.0643. The van der Waals surface area contributed by atoms with Gasteiger partial charge in [0.25, 0.3) is 5.91 Å². The normalized spacial score (nSPS) is 20.5. The molecule has 1 unspecified atom stereocenters. The lowest BCUT2D eigenvalue weighted by atomic mass is 10.2. The maximum atomic E-state index is 11.3. The molecule has 0 aliphatic carbocycles. The summed E-state index contributed by atoms with van der Waals surface area (Å²) >= 11 is 0. The quantitative estimate of drug-likeness (QED) is 0.683. The van der Waals surface area contributed by atoms with Crippen molar-refractivity contribution in [3.8, 4) is 5.75 Å². The van der Waals surface area contributed by atoms with Gasteiger partial charge in [-0.2, -0.15) is 0 Å². The van der Waals surface area contributed by atoms with Crippen molar-refractivity contribution in [1.82, 2.24) is 0 Å². The molecular weight excluding hydrogens is 182 g/mol. The summed E-state index contributed by atoms with van der Waals surface area (Å²) in [5.41, 5.74) is 0.479. The van der Waals surface area contributed by atoms with Crippen molar-refractivity contribution >= 4 is 11.6 Å². The lowest BCUT2D eigenvalue weighted by Gasteiger charge is -2.20. The zero-order valence-electron chi connectivity index (χ0n) is 7.29. The predicted molar refractivity (Wildman–Crippen MR) is 50.7 cm³/mol. The van der Waals surface area contributed by atoms with Crippen molar-refractivity contribution in [2.24, 2.45) is 0 Å². The summed E-state index contributed by atoms with van der Waals surface area (Å²) in [6.07, 6.45) is 1.76. The fourth-order valence-electron chi connectivity index (χ4n) is 1.39. The third-order valence-corrected chi connectivity index (χ3v) is 2.02. The molecule has 14 heavy (non-hydrogen) atoms. The Morgan fingerprint density at radius 3 is 2.71 bits per heavy atom. The molecule has 1 amide bonds. The lowest BCUT2D eigenvalue weighted by Crippen LogP contribution is -2.33. The van der Waals surface area contributed by atoms with Crippen molar-refractivity contribution in [1.29, 1.82) is 0 Å². The van der Waals surface area contributed by atoms with Gasteiger partial charge in [0.1, 0.15) is 5.75 Å². The van der Waals surface area contributed by atoms with Gasteiger partial charge in [-0.1, -0.05) is 6.07 Å². The summed E-state index contributed by atoms with van der Waals surface area (Å²) in [6, 6.07) is 6.19. The van der Waals surface area contributed by atoms with Crippen molar-refractivity contribution in [3.63, 3.8) is 0 Å². The molecule has 0 bridgehead atoms. The van der Waals surface area contributed by atoms with E-state index in [1.165, 1.54) is 29.2 Å². The van der Waals surface area contributed by atoms with Crippen LogP contribution >= 0.6 is 0 Å². The van der Waals surface area contributed by atoms with Crippen molar-refractivity contribution < 1.29 is 15.0 Å². The minimum atomic E-state index is -0.940. The Hall–Kier alpha value is -1.81. The molecule has 0 saturated heterocycles. The molecule has 0 radical (unpaired) electrons. The smallest absolute Gasteiger partial charge is 0.253 e. The SMILES string of the molecule is O=C1C=CC(O)N1c1cccc(O)c1. The number of benzene rings is 1. The number of hydrogen-bond acceptors (Lipinski definition) is 3. The molecule has 1 aromatic rings. The van der Waals surface area contributed by atoms with Gasteiger partial charge in [-0.25, -0.2) is 0 Å². The van der Waals surface area contributed by atoms with Crippen LogP contribution in [0.1, 0.15) is 0 Å². The maximum Gasteiger partial charge on any atom is 0.253 e. The first-order valence-electron chi connectivity index (χ1n) is 4.17. The largest absolute Gasteiger partial charge is 0.508 e. The fraction of sp³-hybridized carbons (Fsp3) is 0.100. The first-order valence-corrected chi connectivity index (χ1v) is 4.17. The molecule has 1 aliphatic rings. The second-order valence-corrected chi connectivity index (χ2v) is 3.00. The standard InChI is InChI=1S/C10H9NO3/c12-8-3-1-2-7(6-8)11-9(13)4-5-10(11)14/h1-6,9,12-13H. The van der Waals surface area contributed by atoms with E-state index in [0.717, 1.165) is 0 Å². The number of carbonyl (C=O) groups is 1. The average molecular weight is 191 g/mol. The van der Waals surface area contributed by atoms with Gasteiger partial charge in [-0.05, 0) is 18.2 Å². The zero-order chi connectivity index (χ0) is 10.1. The fourth-order valence-corrected chi connectivity index (χ4v) is 1.39. The number of anilines is 1. The molecule has 4 heteroatoms. The number of aromatic hydroxyl groups is 1. The first-order chi connectivity index (χ1) is 6.68. The predicted octanol–water partition coefficient (Wildman–Crippen LogP) is 0.613. The van der Waals surface area contributed by atoms with Crippen LogP contribution in [-0.4, -0.2) is 22.3 Å². The zero-order valence-corrected chi connectivity index (χ0v) is 7.29. The van der Waals surface area contributed by atoms with E-state index in [4.69, 9.17) is 0 Å². The van der Waals surface area contributed by atoms with E-state index in [0.29, 0.717) is 5.69 Å². The molecule has 2 rings (SSSR count). The summed E-state index contributed by atoms with van der Waals surface area (Å²) in [6.45, 7) is 0. The van der Waals surface area contributed by atoms with Crippen LogP contribution in [0.25, 0.3) is 0 Å².